The Kier molecular flexibility index (Phi) is 24.1. The topological polar surface area (TPSA) is 593 Å². The first kappa shape index (κ1) is 86.7. The van der Waals surface area contributed by atoms with Crippen molar-refractivity contribution in [1.82, 2.24) is 5.32 Å². The average molecular weight is 1660 g/mol. The molecule has 15 rings (SSSR count). The van der Waals surface area contributed by atoms with Crippen molar-refractivity contribution >= 4 is 52.0 Å². The Morgan fingerprint density at radius 2 is 0.714 bits per heavy atom. The zero-order valence-electron chi connectivity index (χ0n) is 65.5. The summed E-state index contributed by atoms with van der Waals surface area (Å²) in [5.74, 6) is -10.8. The summed E-state index contributed by atoms with van der Waals surface area (Å²) in [5.41, 5.74) is 1.60. The molecular formula is C83H91N3O33. The quantitative estimate of drug-likeness (QED) is 0.0564. The number of benzene rings is 6. The van der Waals surface area contributed by atoms with Gasteiger partial charge < -0.3 is 136 Å². The van der Waals surface area contributed by atoms with Gasteiger partial charge in [-0.3, -0.25) is 43.2 Å². The van der Waals surface area contributed by atoms with Gasteiger partial charge in [0.2, 0.25) is 17.3 Å². The number of phenols is 6. The van der Waals surface area contributed by atoms with Crippen LogP contribution in [0.2, 0.25) is 0 Å². The number of likely N-dealkylation sites (N-methyl/N-ethyl adjacent to an activating group) is 1. The maximum Gasteiger partial charge on any atom is 0.202 e. The van der Waals surface area contributed by atoms with Gasteiger partial charge in [0.15, 0.2) is 53.6 Å². The van der Waals surface area contributed by atoms with Gasteiger partial charge >= 0.3 is 0 Å². The molecule has 15 unspecified atom stereocenters. The van der Waals surface area contributed by atoms with Crippen LogP contribution in [0.5, 0.6) is 51.7 Å². The Bertz CT molecular complexity index is 5180. The summed E-state index contributed by atoms with van der Waals surface area (Å²) in [5, 5.41) is 155. The van der Waals surface area contributed by atoms with E-state index in [0.29, 0.717) is 0 Å². The van der Waals surface area contributed by atoms with Gasteiger partial charge in [0, 0.05) is 133 Å². The SMILES string of the molecule is CNC1CC(OC2C[C@](O)(C(=O)CO)Cc3c(O)c4c(c(O)c32)C(=O)c2c(OC)cccc2C4=O)OC(C)C1O.COCC(=O)[C@]1(O)Cc2c(O)c3c(c(O)c2C(OC2CC(N)C(O)C(C)O2)C1)C(=O)c1c(OC)cccc1C3=O.COc1cccc2c1C(=O)c1c(O)c3c(c(O)c1C2=O)C[C@@](O)(C(=O)CO)CC3OC1CC(N)C(O)C(C)O1. The van der Waals surface area contributed by atoms with E-state index >= 15 is 0 Å². The van der Waals surface area contributed by atoms with Crippen molar-refractivity contribution in [3.63, 3.8) is 0 Å². The molecule has 0 radical (unpaired) electrons. The lowest BCUT2D eigenvalue weighted by Gasteiger charge is -2.42. The molecule has 3 heterocycles. The number of fused-ring (bicyclic) bond motifs is 9. The fourth-order valence-electron chi connectivity index (χ4n) is 17.6. The van der Waals surface area contributed by atoms with Crippen LogP contribution in [0.3, 0.4) is 0 Å². The van der Waals surface area contributed by atoms with Crippen molar-refractivity contribution < 1.29 is 162 Å². The summed E-state index contributed by atoms with van der Waals surface area (Å²) in [6.45, 7) is 2.34. The number of rotatable bonds is 17. The van der Waals surface area contributed by atoms with Crippen LogP contribution < -0.4 is 31.0 Å². The minimum atomic E-state index is -2.24. The third kappa shape index (κ3) is 14.7. The van der Waals surface area contributed by atoms with Gasteiger partial charge in [0.05, 0.1) is 126 Å². The third-order valence-corrected chi connectivity index (χ3v) is 23.9. The van der Waals surface area contributed by atoms with E-state index in [1.807, 2.05) is 0 Å². The zero-order chi connectivity index (χ0) is 86.6. The molecular weight excluding hydrogens is 1570 g/mol. The first-order chi connectivity index (χ1) is 56.3. The van der Waals surface area contributed by atoms with Gasteiger partial charge in [-0.1, -0.05) is 36.4 Å². The van der Waals surface area contributed by atoms with Crippen LogP contribution in [0.4, 0.5) is 0 Å². The number of Topliss-reactive ketones (excluding diaryl/α,β-unsaturated/α-hetero) is 3. The zero-order valence-corrected chi connectivity index (χ0v) is 65.5. The maximum absolute atomic E-state index is 13.7. The van der Waals surface area contributed by atoms with E-state index in [4.69, 9.17) is 58.8 Å². The van der Waals surface area contributed by atoms with E-state index < -0.39 is 281 Å². The maximum atomic E-state index is 13.7. The second-order valence-corrected chi connectivity index (χ2v) is 31.0. The second-order valence-electron chi connectivity index (χ2n) is 31.0. The lowest BCUT2D eigenvalue weighted by atomic mass is 9.72. The standard InChI is InChI=1S/2C28H31NO11.C27H29NO11/c1-11-23(31)14(29)7-18(39-11)40-16-9-28(36,17(30)10-37-2)8-13-20(16)27(35)22-21(25(13)33)24(32)12-5-4-6-15(38-3)19(12)26(22)34;1-11-23(32)14(29-2)7-18(39-11)40-16-9-28(37,17(31)10-30)8-13-20(16)27(36)22-21(25(13)34)24(33)12-5-4-6-15(38-3)19(12)26(22)35;1-10-22(31)13(28)6-17(38-10)39-15-8-27(36,16(30)9-29)7-12-19(15)26(35)21-20(24(12)33)23(32)11-4-3-5-14(37-2)18(11)25(21)34/h4-6,11,14,16,18,23,31,33,35-36H,7-10,29H2,1-3H3;4-6,11,14,16,18,23,29-30,32,34,36-37H,7-10H2,1-3H3;3-5,10,13,15,17,22,29,31,33,35-36H,6-9,28H2,1-2H3/t2*11?,14?,16?,18?,23?,28-;10?,13?,15?,17?,22?,27-/m000/s1. The molecule has 36 nitrogen and oxygen atoms in total. The van der Waals surface area contributed by atoms with Crippen LogP contribution in [-0.2, 0) is 66.8 Å². The van der Waals surface area contributed by atoms with Crippen molar-refractivity contribution in [3.05, 3.63) is 155 Å². The van der Waals surface area contributed by atoms with Crippen LogP contribution in [0.1, 0.15) is 207 Å². The number of carbonyl (C=O) groups is 9. The number of hydrogen-bond donors (Lipinski definition) is 17. The summed E-state index contributed by atoms with van der Waals surface area (Å²) in [6.07, 6.45) is -14.6. The summed E-state index contributed by atoms with van der Waals surface area (Å²) in [7, 11) is 6.93. The Balaban J connectivity index is 0.000000155. The Morgan fingerprint density at radius 3 is 0.992 bits per heavy atom. The molecule has 3 fully saturated rings. The van der Waals surface area contributed by atoms with Crippen LogP contribution in [0.15, 0.2) is 54.6 Å². The molecule has 19 N–H and O–H groups in total. The number of nitrogens with two attached hydrogens (primary N) is 2. The highest BCUT2D eigenvalue weighted by Crippen LogP contribution is 2.57. The largest absolute Gasteiger partial charge is 0.507 e. The van der Waals surface area contributed by atoms with Crippen molar-refractivity contribution in [3.8, 4) is 51.7 Å². The molecule has 6 aromatic carbocycles. The van der Waals surface area contributed by atoms with Crippen molar-refractivity contribution in [2.45, 2.75) is 187 Å². The minimum Gasteiger partial charge on any atom is -0.507 e. The number of phenolic OH excluding ortho intramolecular Hbond substituents is 6. The van der Waals surface area contributed by atoms with Gasteiger partial charge in [-0.25, -0.2) is 0 Å². The van der Waals surface area contributed by atoms with E-state index in [1.54, 1.807) is 27.8 Å². The molecule has 36 heteroatoms. The fourth-order valence-corrected chi connectivity index (χ4v) is 17.6. The number of aromatic hydroxyl groups is 6. The number of aliphatic hydroxyl groups excluding tert-OH is 5. The van der Waals surface area contributed by atoms with Crippen molar-refractivity contribution in [2.24, 2.45) is 11.5 Å². The lowest BCUT2D eigenvalue weighted by molar-refractivity contribution is -0.249. The van der Waals surface area contributed by atoms with Gasteiger partial charge in [0.1, 0.15) is 88.4 Å². The highest BCUT2D eigenvalue weighted by Gasteiger charge is 2.55. The predicted octanol–water partition coefficient (Wildman–Crippen LogP) is 0.919. The smallest absolute Gasteiger partial charge is 0.202 e. The van der Waals surface area contributed by atoms with Gasteiger partial charge in [-0.05, 0) is 46.0 Å². The number of carbonyl (C=O) groups excluding carboxylic acids is 9. The monoisotopic (exact) mass is 1660 g/mol. The van der Waals surface area contributed by atoms with E-state index in [0.717, 1.165) is 0 Å². The lowest BCUT2D eigenvalue weighted by Crippen LogP contribution is -2.53. The molecule has 0 bridgehead atoms. The Morgan fingerprint density at radius 1 is 0.429 bits per heavy atom. The molecule has 636 valence electrons. The first-order valence-corrected chi connectivity index (χ1v) is 38.1. The molecule has 0 saturated carbocycles. The molecule has 3 saturated heterocycles. The van der Waals surface area contributed by atoms with Crippen LogP contribution in [0, 0.1) is 0 Å². The number of methoxy groups -OCH3 is 4. The molecule has 18 atom stereocenters. The van der Waals surface area contributed by atoms with Crippen molar-refractivity contribution in [1.29, 1.82) is 0 Å². The Hall–Kier alpha value is -10.2. The number of aliphatic hydroxyl groups is 8. The average Bonchev–Trinajstić information content (AvgIpc) is 0.718. The molecule has 0 amide bonds. The van der Waals surface area contributed by atoms with Gasteiger partial charge in [0.25, 0.3) is 0 Å². The van der Waals surface area contributed by atoms with Gasteiger partial charge in [-0.2, -0.15) is 0 Å². The molecule has 9 aliphatic rings. The summed E-state index contributed by atoms with van der Waals surface area (Å²) in [6, 6.07) is 11.3. The highest BCUT2D eigenvalue weighted by atomic mass is 16.7. The van der Waals surface area contributed by atoms with Crippen LogP contribution >= 0.6 is 0 Å². The number of ketones is 9. The molecule has 6 aliphatic carbocycles. The normalized spacial score (nSPS) is 29.5. The van der Waals surface area contributed by atoms with Gasteiger partial charge in [-0.15, -0.1) is 0 Å². The van der Waals surface area contributed by atoms with Crippen molar-refractivity contribution in [2.75, 3.05) is 55.3 Å². The van der Waals surface area contributed by atoms with Crippen LogP contribution in [-0.4, -0.2) is 269 Å². The predicted molar refractivity (Wildman–Crippen MR) is 405 cm³/mol. The molecule has 6 aromatic rings. The molecule has 0 spiro atoms. The summed E-state index contributed by atoms with van der Waals surface area (Å²) < 4.78 is 56.3. The van der Waals surface area contributed by atoms with E-state index in [-0.39, 0.29) is 110 Å². The minimum absolute atomic E-state index is 0.0173. The van der Waals surface area contributed by atoms with E-state index in [9.17, 15) is 115 Å². The second kappa shape index (κ2) is 33.1. The van der Waals surface area contributed by atoms with E-state index in [1.165, 1.54) is 83.0 Å². The summed E-state index contributed by atoms with van der Waals surface area (Å²) >= 11 is 0. The van der Waals surface area contributed by atoms with Crippen LogP contribution in [0.25, 0.3) is 0 Å². The third-order valence-electron chi connectivity index (χ3n) is 23.9. The Labute approximate surface area is 677 Å². The molecule has 0 aromatic heterocycles. The first-order valence-electron chi connectivity index (χ1n) is 38.1. The number of ether oxygens (including phenoxy) is 10. The number of nitrogens with one attached hydrogen (secondary N) is 1. The number of hydrogen-bond acceptors (Lipinski definition) is 36. The molecule has 119 heavy (non-hydrogen) atoms. The van der Waals surface area contributed by atoms with E-state index in [2.05, 4.69) is 5.32 Å². The summed E-state index contributed by atoms with van der Waals surface area (Å²) in [4.78, 5) is 120. The fraction of sp³-hybridized carbons (Fsp3) is 0.458. The molecule has 3 aliphatic heterocycles. The highest BCUT2D eigenvalue weighted by molar-refractivity contribution is 6.33.